The fraction of sp³-hybridized carbons (Fsp3) is 0.571. The maximum Gasteiger partial charge on any atom is 0.0412 e. The first-order valence-corrected chi connectivity index (χ1v) is 5.82. The molecule has 0 radical (unpaired) electrons. The van der Waals surface area contributed by atoms with Gasteiger partial charge in [-0.15, -0.1) is 0 Å². The van der Waals surface area contributed by atoms with Crippen molar-refractivity contribution in [2.75, 3.05) is 0 Å². The Morgan fingerprint density at radius 3 is 2.20 bits per heavy atom. The van der Waals surface area contributed by atoms with Crippen LogP contribution in [0, 0.1) is 0 Å². The van der Waals surface area contributed by atoms with E-state index in [9.17, 15) is 0 Å². The van der Waals surface area contributed by atoms with Gasteiger partial charge in [-0.05, 0) is 35.8 Å². The van der Waals surface area contributed by atoms with Gasteiger partial charge in [0.05, 0.1) is 0 Å². The van der Waals surface area contributed by atoms with Crippen LogP contribution in [0.4, 0.5) is 0 Å². The summed E-state index contributed by atoms with van der Waals surface area (Å²) in [4.78, 5) is 0. The average Bonchev–Trinajstić information content (AvgIpc) is 2.13. The highest BCUT2D eigenvalue weighted by molar-refractivity contribution is 5.39. The summed E-state index contributed by atoms with van der Waals surface area (Å²) >= 11 is 0. The minimum absolute atomic E-state index is 0.0378. The van der Waals surface area contributed by atoms with E-state index in [0.29, 0.717) is 0 Å². The fourth-order valence-electron chi connectivity index (χ4n) is 2.40. The van der Waals surface area contributed by atoms with E-state index >= 15 is 0 Å². The largest absolute Gasteiger partial charge is 0.321 e. The maximum absolute atomic E-state index is 6.42. The fourth-order valence-corrected chi connectivity index (χ4v) is 2.40. The van der Waals surface area contributed by atoms with Crippen LogP contribution in [0.25, 0.3) is 0 Å². The summed E-state index contributed by atoms with van der Waals surface area (Å²) in [7, 11) is 0. The van der Waals surface area contributed by atoms with Gasteiger partial charge in [0.2, 0.25) is 0 Å². The van der Waals surface area contributed by atoms with Crippen molar-refractivity contribution < 1.29 is 0 Å². The highest BCUT2D eigenvalue weighted by atomic mass is 14.8. The molecular weight excluding hydrogens is 182 g/mol. The van der Waals surface area contributed by atoms with Crippen LogP contribution < -0.4 is 5.73 Å². The Morgan fingerprint density at radius 1 is 1.13 bits per heavy atom. The lowest BCUT2D eigenvalue weighted by Gasteiger charge is -2.41. The van der Waals surface area contributed by atoms with Crippen molar-refractivity contribution in [2.24, 2.45) is 5.73 Å². The van der Waals surface area contributed by atoms with E-state index < -0.39 is 0 Å². The topological polar surface area (TPSA) is 26.0 Å². The molecular formula is C14H21N. The normalized spacial score (nSPS) is 19.7. The molecule has 0 aromatic heterocycles. The van der Waals surface area contributed by atoms with Crippen molar-refractivity contribution >= 4 is 0 Å². The van der Waals surface area contributed by atoms with Gasteiger partial charge in [0.1, 0.15) is 0 Å². The summed E-state index contributed by atoms with van der Waals surface area (Å²) in [6.07, 6.45) is 3.55. The highest BCUT2D eigenvalue weighted by Crippen LogP contribution is 2.42. The molecule has 1 heteroatoms. The van der Waals surface area contributed by atoms with Crippen molar-refractivity contribution in [3.63, 3.8) is 0 Å². The first-order valence-electron chi connectivity index (χ1n) is 5.82. The van der Waals surface area contributed by atoms with Crippen LogP contribution in [-0.2, 0) is 11.0 Å². The van der Waals surface area contributed by atoms with Gasteiger partial charge in [0.25, 0.3) is 0 Å². The predicted molar refractivity (Wildman–Crippen MR) is 64.9 cm³/mol. The van der Waals surface area contributed by atoms with E-state index in [-0.39, 0.29) is 11.0 Å². The van der Waals surface area contributed by atoms with Gasteiger partial charge in [-0.2, -0.15) is 0 Å². The molecule has 0 atom stereocenters. The standard InChI is InChI=1S/C14H21N/c1-13(2,3)11-7-4-5-8-12(11)14(15)9-6-10-14/h4-5,7-8H,6,9-10,15H2,1-3H3. The van der Waals surface area contributed by atoms with E-state index in [1.165, 1.54) is 17.5 Å². The van der Waals surface area contributed by atoms with Crippen LogP contribution in [0.5, 0.6) is 0 Å². The number of hydrogen-bond donors (Lipinski definition) is 1. The molecule has 1 saturated carbocycles. The Morgan fingerprint density at radius 2 is 1.73 bits per heavy atom. The molecule has 0 saturated heterocycles. The molecule has 1 aromatic carbocycles. The molecule has 1 aromatic rings. The lowest BCUT2D eigenvalue weighted by molar-refractivity contribution is 0.249. The van der Waals surface area contributed by atoms with Gasteiger partial charge in [-0.1, -0.05) is 45.0 Å². The summed E-state index contributed by atoms with van der Waals surface area (Å²) in [6, 6.07) is 8.66. The van der Waals surface area contributed by atoms with Gasteiger partial charge in [-0.3, -0.25) is 0 Å². The summed E-state index contributed by atoms with van der Waals surface area (Å²) in [5.41, 5.74) is 9.35. The molecule has 0 heterocycles. The molecule has 2 rings (SSSR count). The smallest absolute Gasteiger partial charge is 0.0412 e. The lowest BCUT2D eigenvalue weighted by atomic mass is 9.68. The zero-order chi connectivity index (χ0) is 11.1. The summed E-state index contributed by atoms with van der Waals surface area (Å²) in [5.74, 6) is 0. The Hall–Kier alpha value is -0.820. The first-order chi connectivity index (χ1) is 6.93. The van der Waals surface area contributed by atoms with E-state index in [0.717, 1.165) is 12.8 Å². The van der Waals surface area contributed by atoms with E-state index in [1.54, 1.807) is 0 Å². The van der Waals surface area contributed by atoms with Crippen molar-refractivity contribution in [3.8, 4) is 0 Å². The molecule has 1 aliphatic carbocycles. The van der Waals surface area contributed by atoms with Crippen LogP contribution in [0.3, 0.4) is 0 Å². The zero-order valence-corrected chi connectivity index (χ0v) is 10.0. The molecule has 0 spiro atoms. The molecule has 2 N–H and O–H groups in total. The highest BCUT2D eigenvalue weighted by Gasteiger charge is 2.37. The van der Waals surface area contributed by atoms with Crippen molar-refractivity contribution in [2.45, 2.75) is 51.0 Å². The average molecular weight is 203 g/mol. The van der Waals surface area contributed by atoms with Crippen LogP contribution >= 0.6 is 0 Å². The first kappa shape index (κ1) is 10.7. The number of benzene rings is 1. The van der Waals surface area contributed by atoms with E-state index in [2.05, 4.69) is 45.0 Å². The van der Waals surface area contributed by atoms with Crippen molar-refractivity contribution in [1.29, 1.82) is 0 Å². The zero-order valence-electron chi connectivity index (χ0n) is 10.0. The van der Waals surface area contributed by atoms with Crippen molar-refractivity contribution in [3.05, 3.63) is 35.4 Å². The Kier molecular flexibility index (Phi) is 2.38. The van der Waals surface area contributed by atoms with Gasteiger partial charge < -0.3 is 5.73 Å². The molecule has 82 valence electrons. The molecule has 1 aliphatic rings. The molecule has 0 amide bonds. The monoisotopic (exact) mass is 203 g/mol. The Labute approximate surface area is 92.7 Å². The van der Waals surface area contributed by atoms with Gasteiger partial charge in [0.15, 0.2) is 0 Å². The van der Waals surface area contributed by atoms with E-state index in [4.69, 9.17) is 5.73 Å². The van der Waals surface area contributed by atoms with Gasteiger partial charge >= 0.3 is 0 Å². The third kappa shape index (κ3) is 1.81. The molecule has 1 fully saturated rings. The number of rotatable bonds is 1. The lowest BCUT2D eigenvalue weighted by Crippen LogP contribution is -2.44. The summed E-state index contributed by atoms with van der Waals surface area (Å²) in [6.45, 7) is 6.77. The minimum atomic E-state index is -0.0378. The number of hydrogen-bond acceptors (Lipinski definition) is 1. The SMILES string of the molecule is CC(C)(C)c1ccccc1C1(N)CCC1. The Balaban J connectivity index is 2.47. The number of nitrogens with two attached hydrogens (primary N) is 1. The quantitative estimate of drug-likeness (QED) is 0.744. The molecule has 1 nitrogen and oxygen atoms in total. The second-order valence-corrected chi connectivity index (χ2v) is 5.81. The molecule has 0 aliphatic heterocycles. The summed E-state index contributed by atoms with van der Waals surface area (Å²) < 4.78 is 0. The van der Waals surface area contributed by atoms with Crippen LogP contribution in [-0.4, -0.2) is 0 Å². The Bertz CT molecular complexity index is 356. The van der Waals surface area contributed by atoms with Gasteiger partial charge in [-0.25, -0.2) is 0 Å². The van der Waals surface area contributed by atoms with Crippen LogP contribution in [0.1, 0.15) is 51.2 Å². The van der Waals surface area contributed by atoms with Gasteiger partial charge in [0, 0.05) is 5.54 Å². The predicted octanol–water partition coefficient (Wildman–Crippen LogP) is 3.32. The third-order valence-corrected chi connectivity index (χ3v) is 3.52. The van der Waals surface area contributed by atoms with Crippen LogP contribution in [0.2, 0.25) is 0 Å². The molecule has 0 unspecified atom stereocenters. The third-order valence-electron chi connectivity index (χ3n) is 3.52. The van der Waals surface area contributed by atoms with E-state index in [1.807, 2.05) is 0 Å². The molecule has 0 bridgehead atoms. The second kappa shape index (κ2) is 3.34. The minimum Gasteiger partial charge on any atom is -0.321 e. The maximum atomic E-state index is 6.42. The second-order valence-electron chi connectivity index (χ2n) is 5.81. The summed E-state index contributed by atoms with van der Waals surface area (Å²) in [5, 5.41) is 0. The van der Waals surface area contributed by atoms with Crippen LogP contribution in [0.15, 0.2) is 24.3 Å². The van der Waals surface area contributed by atoms with Crippen molar-refractivity contribution in [1.82, 2.24) is 0 Å². The molecule has 15 heavy (non-hydrogen) atoms.